The van der Waals surface area contributed by atoms with Crippen LogP contribution < -0.4 is 11.1 Å². The van der Waals surface area contributed by atoms with Gasteiger partial charge in [-0.25, -0.2) is 15.0 Å². The Hall–Kier alpha value is -2.96. The van der Waals surface area contributed by atoms with Gasteiger partial charge in [-0.05, 0) is 26.3 Å². The van der Waals surface area contributed by atoms with E-state index in [2.05, 4.69) is 20.3 Å². The van der Waals surface area contributed by atoms with Gasteiger partial charge in [-0.15, -0.1) is 0 Å². The lowest BCUT2D eigenvalue weighted by molar-refractivity contribution is -0.142. The highest BCUT2D eigenvalue weighted by atomic mass is 16.4. The van der Waals surface area contributed by atoms with E-state index in [1.165, 1.54) is 0 Å². The predicted molar refractivity (Wildman–Crippen MR) is 92.7 cm³/mol. The van der Waals surface area contributed by atoms with Gasteiger partial charge in [0.1, 0.15) is 10.9 Å². The third-order valence-corrected chi connectivity index (χ3v) is 3.92. The fourth-order valence-electron chi connectivity index (χ4n) is 2.73. The molecular formula is C17H19N5O2. The molecule has 0 spiro atoms. The molecule has 124 valence electrons. The highest BCUT2D eigenvalue weighted by Crippen LogP contribution is 2.35. The van der Waals surface area contributed by atoms with Crippen LogP contribution in [-0.2, 0) is 10.2 Å². The Balaban J connectivity index is 2.25. The summed E-state index contributed by atoms with van der Waals surface area (Å²) in [4.78, 5) is 24.8. The molecule has 0 aromatic carbocycles. The van der Waals surface area contributed by atoms with E-state index < -0.39 is 11.4 Å². The minimum absolute atomic E-state index is 0.106. The maximum Gasteiger partial charge on any atom is 0.319 e. The van der Waals surface area contributed by atoms with Crippen molar-refractivity contribution in [3.8, 4) is 0 Å². The average molecular weight is 325 g/mol. The van der Waals surface area contributed by atoms with Crippen LogP contribution >= 0.6 is 0 Å². The SMILES string of the molecule is CC(C)Nc1nc([C@]2(C(=O)O)C=CC=CC2)cc2cnc(N)nc12. The summed E-state index contributed by atoms with van der Waals surface area (Å²) in [6.07, 6.45) is 8.99. The van der Waals surface area contributed by atoms with Gasteiger partial charge in [0.15, 0.2) is 5.82 Å². The summed E-state index contributed by atoms with van der Waals surface area (Å²) in [6.45, 7) is 3.95. The molecule has 0 unspecified atom stereocenters. The number of nitrogen functional groups attached to an aromatic ring is 1. The normalized spacial score (nSPS) is 19.8. The molecule has 7 heteroatoms. The van der Waals surface area contributed by atoms with Crippen molar-refractivity contribution in [3.05, 3.63) is 42.3 Å². The number of carboxylic acids is 1. The van der Waals surface area contributed by atoms with Crippen molar-refractivity contribution >= 4 is 28.6 Å². The molecule has 0 aliphatic heterocycles. The zero-order chi connectivity index (χ0) is 17.3. The second-order valence-electron chi connectivity index (χ2n) is 6.09. The van der Waals surface area contributed by atoms with Crippen molar-refractivity contribution in [2.24, 2.45) is 0 Å². The van der Waals surface area contributed by atoms with Crippen molar-refractivity contribution < 1.29 is 9.90 Å². The number of aromatic nitrogens is 3. The number of nitrogens with zero attached hydrogens (tertiary/aromatic N) is 3. The highest BCUT2D eigenvalue weighted by molar-refractivity contribution is 5.92. The van der Waals surface area contributed by atoms with Gasteiger partial charge in [-0.1, -0.05) is 24.3 Å². The number of pyridine rings is 1. The van der Waals surface area contributed by atoms with Crippen molar-refractivity contribution in [2.45, 2.75) is 31.7 Å². The molecule has 0 saturated carbocycles. The molecule has 24 heavy (non-hydrogen) atoms. The second kappa shape index (κ2) is 5.92. The van der Waals surface area contributed by atoms with Crippen LogP contribution in [0.25, 0.3) is 10.9 Å². The number of allylic oxidation sites excluding steroid dienone is 3. The number of nitrogens with two attached hydrogens (primary N) is 1. The second-order valence-corrected chi connectivity index (χ2v) is 6.09. The third-order valence-electron chi connectivity index (χ3n) is 3.92. The lowest BCUT2D eigenvalue weighted by Crippen LogP contribution is -2.35. The molecule has 2 aromatic rings. The summed E-state index contributed by atoms with van der Waals surface area (Å²) < 4.78 is 0. The van der Waals surface area contributed by atoms with Crippen molar-refractivity contribution in [3.63, 3.8) is 0 Å². The first-order valence-electron chi connectivity index (χ1n) is 7.70. The van der Waals surface area contributed by atoms with Crippen LogP contribution in [0.15, 0.2) is 36.6 Å². The Morgan fingerprint density at radius 2 is 2.17 bits per heavy atom. The lowest BCUT2D eigenvalue weighted by atomic mass is 9.78. The number of fused-ring (bicyclic) bond motifs is 1. The maximum atomic E-state index is 12.0. The topological polar surface area (TPSA) is 114 Å². The van der Waals surface area contributed by atoms with Gasteiger partial charge in [0.25, 0.3) is 0 Å². The van der Waals surface area contributed by atoms with Crippen molar-refractivity contribution in [1.82, 2.24) is 15.0 Å². The van der Waals surface area contributed by atoms with Crippen molar-refractivity contribution in [1.29, 1.82) is 0 Å². The molecule has 2 heterocycles. The molecule has 0 bridgehead atoms. The smallest absolute Gasteiger partial charge is 0.319 e. The van der Waals surface area contributed by atoms with E-state index in [1.807, 2.05) is 26.0 Å². The Morgan fingerprint density at radius 1 is 1.38 bits per heavy atom. The van der Waals surface area contributed by atoms with Crippen LogP contribution in [0, 0.1) is 0 Å². The molecule has 1 aliphatic carbocycles. The van der Waals surface area contributed by atoms with Gasteiger partial charge >= 0.3 is 5.97 Å². The number of nitrogens with one attached hydrogen (secondary N) is 1. The van der Waals surface area contributed by atoms with E-state index in [9.17, 15) is 9.90 Å². The first kappa shape index (κ1) is 15.9. The summed E-state index contributed by atoms with van der Waals surface area (Å²) in [5, 5.41) is 13.7. The van der Waals surface area contributed by atoms with Gasteiger partial charge in [0, 0.05) is 17.6 Å². The van der Waals surface area contributed by atoms with Gasteiger partial charge < -0.3 is 16.2 Å². The minimum Gasteiger partial charge on any atom is -0.480 e. The molecule has 0 fully saturated rings. The van der Waals surface area contributed by atoms with Gasteiger partial charge in [0.05, 0.1) is 5.69 Å². The van der Waals surface area contributed by atoms with Gasteiger partial charge in [-0.2, -0.15) is 0 Å². The minimum atomic E-state index is -1.20. The maximum absolute atomic E-state index is 12.0. The van der Waals surface area contributed by atoms with E-state index in [0.717, 1.165) is 0 Å². The van der Waals surface area contributed by atoms with Crippen LogP contribution in [0.4, 0.5) is 11.8 Å². The number of hydrogen-bond donors (Lipinski definition) is 3. The fraction of sp³-hybridized carbons (Fsp3) is 0.294. The molecule has 1 atom stereocenters. The first-order chi connectivity index (χ1) is 11.4. The standard InChI is InChI=1S/C17H19N5O2/c1-10(2)20-14-13-11(9-19-16(18)22-13)8-12(21-14)17(15(23)24)6-4-3-5-7-17/h3-6,8-10H,7H2,1-2H3,(H,20,21)(H,23,24)(H2,18,19,22)/t17-/m0/s1. The number of hydrogen-bond acceptors (Lipinski definition) is 6. The van der Waals surface area contributed by atoms with E-state index in [0.29, 0.717) is 28.8 Å². The zero-order valence-corrected chi connectivity index (χ0v) is 13.5. The molecule has 0 amide bonds. The summed E-state index contributed by atoms with van der Waals surface area (Å²) >= 11 is 0. The van der Waals surface area contributed by atoms with Crippen molar-refractivity contribution in [2.75, 3.05) is 11.1 Å². The molecule has 0 radical (unpaired) electrons. The summed E-state index contributed by atoms with van der Waals surface area (Å²) in [6, 6.07) is 1.83. The van der Waals surface area contributed by atoms with E-state index >= 15 is 0 Å². The van der Waals surface area contributed by atoms with E-state index in [-0.39, 0.29) is 12.0 Å². The van der Waals surface area contributed by atoms with Crippen LogP contribution in [-0.4, -0.2) is 32.1 Å². The molecule has 4 N–H and O–H groups in total. The number of rotatable bonds is 4. The molecule has 1 aliphatic rings. The predicted octanol–water partition coefficient (Wildman–Crippen LogP) is 2.27. The average Bonchev–Trinajstić information content (AvgIpc) is 2.55. The lowest BCUT2D eigenvalue weighted by Gasteiger charge is -2.27. The Bertz CT molecular complexity index is 859. The van der Waals surface area contributed by atoms with Crippen LogP contribution in [0.5, 0.6) is 0 Å². The first-order valence-corrected chi connectivity index (χ1v) is 7.70. The summed E-state index contributed by atoms with van der Waals surface area (Å²) in [5.74, 6) is -0.283. The number of carbonyl (C=O) groups is 1. The largest absolute Gasteiger partial charge is 0.480 e. The Kier molecular flexibility index (Phi) is 3.92. The van der Waals surface area contributed by atoms with Crippen LogP contribution in [0.2, 0.25) is 0 Å². The fourth-order valence-corrected chi connectivity index (χ4v) is 2.73. The summed E-state index contributed by atoms with van der Waals surface area (Å²) in [7, 11) is 0. The molecular weight excluding hydrogens is 306 g/mol. The van der Waals surface area contributed by atoms with Crippen LogP contribution in [0.1, 0.15) is 26.0 Å². The molecule has 7 nitrogen and oxygen atoms in total. The van der Waals surface area contributed by atoms with E-state index in [4.69, 9.17) is 5.73 Å². The number of anilines is 2. The molecule has 0 saturated heterocycles. The quantitative estimate of drug-likeness (QED) is 0.790. The van der Waals surface area contributed by atoms with E-state index in [1.54, 1.807) is 24.4 Å². The number of aliphatic carboxylic acids is 1. The molecule has 3 rings (SSSR count). The third kappa shape index (κ3) is 2.68. The molecule has 2 aromatic heterocycles. The van der Waals surface area contributed by atoms with Gasteiger partial charge in [-0.3, -0.25) is 4.79 Å². The number of carboxylic acid groups (broad SMARTS) is 1. The van der Waals surface area contributed by atoms with Gasteiger partial charge in [0.2, 0.25) is 5.95 Å². The summed E-state index contributed by atoms with van der Waals surface area (Å²) in [5.41, 5.74) is 5.51. The Labute approximate surface area is 139 Å². The monoisotopic (exact) mass is 325 g/mol. The van der Waals surface area contributed by atoms with Crippen LogP contribution in [0.3, 0.4) is 0 Å². The zero-order valence-electron chi connectivity index (χ0n) is 13.5. The Morgan fingerprint density at radius 3 is 2.79 bits per heavy atom. The highest BCUT2D eigenvalue weighted by Gasteiger charge is 2.39.